The van der Waals surface area contributed by atoms with Crippen molar-refractivity contribution >= 4 is 56.9 Å². The van der Waals surface area contributed by atoms with Gasteiger partial charge in [-0.3, -0.25) is 14.4 Å². The first kappa shape index (κ1) is 67.3. The summed E-state index contributed by atoms with van der Waals surface area (Å²) in [7, 11) is -10.2. The van der Waals surface area contributed by atoms with Crippen LogP contribution in [-0.4, -0.2) is 174 Å². The Balaban J connectivity index is 0. The van der Waals surface area contributed by atoms with Gasteiger partial charge in [0.1, 0.15) is 17.7 Å². The van der Waals surface area contributed by atoms with E-state index in [2.05, 4.69) is 46.6 Å². The molecule has 67 heavy (non-hydrogen) atoms. The van der Waals surface area contributed by atoms with Gasteiger partial charge in [0.2, 0.25) is 20.8 Å². The summed E-state index contributed by atoms with van der Waals surface area (Å²) in [6, 6.07) is -4.89. The van der Waals surface area contributed by atoms with Crippen molar-refractivity contribution in [3.05, 3.63) is 0 Å². The van der Waals surface area contributed by atoms with Gasteiger partial charge in [-0.1, -0.05) is 53.4 Å². The summed E-state index contributed by atoms with van der Waals surface area (Å²) in [6.07, 6.45) is 13.4. The second kappa shape index (κ2) is 32.2. The molecule has 29 heteroatoms. The molecule has 6 amide bonds. The fourth-order valence-electron chi connectivity index (χ4n) is 7.66. The molecule has 4 saturated heterocycles. The minimum Gasteiger partial charge on any atom is -0.870 e. The van der Waals surface area contributed by atoms with E-state index in [0.717, 1.165) is 9.80 Å². The van der Waals surface area contributed by atoms with Gasteiger partial charge in [-0.05, 0) is 78.7 Å². The Bertz CT molecular complexity index is 1740. The molecular formula is C38H68N7Na2O18S2-. The molecule has 0 spiro atoms. The Hall–Kier alpha value is -1.80. The van der Waals surface area contributed by atoms with Crippen LogP contribution in [0.3, 0.4) is 0 Å². The predicted octanol–water partition coefficient (Wildman–Crippen LogP) is -4.32. The summed E-state index contributed by atoms with van der Waals surface area (Å²) < 4.78 is 78.5. The first-order chi connectivity index (χ1) is 29.9. The Morgan fingerprint density at radius 3 is 1.36 bits per heavy atom. The number of hydrogen-bond acceptors (Lipinski definition) is 18. The third kappa shape index (κ3) is 23.8. The number of rotatable bonds is 24. The van der Waals surface area contributed by atoms with Gasteiger partial charge < -0.3 is 43.2 Å². The van der Waals surface area contributed by atoms with Crippen molar-refractivity contribution in [2.24, 2.45) is 0 Å². The van der Waals surface area contributed by atoms with Gasteiger partial charge in [0.15, 0.2) is 6.61 Å². The molecule has 4 aliphatic heterocycles. The van der Waals surface area contributed by atoms with E-state index in [1.807, 2.05) is 5.48 Å². The van der Waals surface area contributed by atoms with Crippen LogP contribution in [0.15, 0.2) is 0 Å². The zero-order valence-corrected chi connectivity index (χ0v) is 46.0. The SMILES string of the molecule is CC(C)(C)OC(=O)CONC(=O)[C@@H]1CC[C@@H]2CN1C(=O)N2OS(=O)(=O)[O-].CCCC[N+](CCCC)(CCCC)CCCC.O=[C-]CONC(=O)[C@@H]1CC[C@@H]2CN1C(=O)N2OS(=O)(=O)[O-].[Na+].[Na+].[OH-]. The number of piperidine rings is 2. The summed E-state index contributed by atoms with van der Waals surface area (Å²) in [5.41, 5.74) is 3.35. The molecule has 0 unspecified atom stereocenters. The van der Waals surface area contributed by atoms with Gasteiger partial charge in [0, 0.05) is 13.1 Å². The summed E-state index contributed by atoms with van der Waals surface area (Å²) in [5, 5.41) is 0.937. The van der Waals surface area contributed by atoms with Crippen LogP contribution in [0.25, 0.3) is 0 Å². The first-order valence-electron chi connectivity index (χ1n) is 21.7. The average Bonchev–Trinajstić information content (AvgIpc) is 3.58. The summed E-state index contributed by atoms with van der Waals surface area (Å²) in [6.45, 7) is 19.1. The number of urea groups is 2. The summed E-state index contributed by atoms with van der Waals surface area (Å²) >= 11 is 0. The van der Waals surface area contributed by atoms with E-state index in [0.29, 0.717) is 10.1 Å². The monoisotopic (exact) mass is 1020 g/mol. The van der Waals surface area contributed by atoms with Crippen molar-refractivity contribution in [3.63, 3.8) is 0 Å². The molecule has 3 N–H and O–H groups in total. The van der Waals surface area contributed by atoms with Crippen molar-refractivity contribution in [3.8, 4) is 0 Å². The van der Waals surface area contributed by atoms with Crippen LogP contribution < -0.4 is 70.1 Å². The molecular weight excluding hydrogens is 953 g/mol. The first-order valence-corrected chi connectivity index (χ1v) is 24.4. The smallest absolute Gasteiger partial charge is 0.870 e. The number of hydroxylamine groups is 6. The number of nitrogens with one attached hydrogen (secondary N) is 2. The largest absolute Gasteiger partial charge is 1.00 e. The van der Waals surface area contributed by atoms with Gasteiger partial charge in [-0.2, -0.15) is 18.7 Å². The Morgan fingerprint density at radius 1 is 0.687 bits per heavy atom. The van der Waals surface area contributed by atoms with Crippen LogP contribution in [0.2, 0.25) is 0 Å². The maximum absolute atomic E-state index is 12.2. The molecule has 0 aromatic rings. The summed E-state index contributed by atoms with van der Waals surface area (Å²) in [5.74, 6) is -2.03. The number of carbonyl (C=O) groups excluding carboxylic acids is 6. The quantitative estimate of drug-likeness (QED) is 0.0135. The third-order valence-electron chi connectivity index (χ3n) is 10.6. The molecule has 0 saturated carbocycles. The van der Waals surface area contributed by atoms with Crippen LogP contribution in [0, 0.1) is 0 Å². The second-order valence-electron chi connectivity index (χ2n) is 16.9. The fourth-order valence-corrected chi connectivity index (χ4v) is 8.42. The molecule has 4 bridgehead atoms. The van der Waals surface area contributed by atoms with Crippen molar-refractivity contribution in [2.75, 3.05) is 52.5 Å². The number of unbranched alkanes of at least 4 members (excludes halogenated alkanes) is 4. The van der Waals surface area contributed by atoms with E-state index in [-0.39, 0.29) is 103 Å². The van der Waals surface area contributed by atoms with Gasteiger partial charge in [0.25, 0.3) is 11.8 Å². The van der Waals surface area contributed by atoms with Crippen molar-refractivity contribution < 1.29 is 147 Å². The molecule has 25 nitrogen and oxygen atoms in total. The molecule has 4 rings (SSSR count). The number of quaternary nitrogens is 1. The Kier molecular flexibility index (Phi) is 32.4. The van der Waals surface area contributed by atoms with E-state index >= 15 is 0 Å². The van der Waals surface area contributed by atoms with Crippen LogP contribution in [0.1, 0.15) is 126 Å². The number of esters is 1. The number of amides is 6. The van der Waals surface area contributed by atoms with Gasteiger partial charge in [-0.15, -0.1) is 0 Å². The van der Waals surface area contributed by atoms with E-state index in [4.69, 9.17) is 9.57 Å². The number of fused-ring (bicyclic) bond motifs is 4. The Labute approximate surface area is 439 Å². The molecule has 0 aromatic carbocycles. The minimum absolute atomic E-state index is 0. The summed E-state index contributed by atoms with van der Waals surface area (Å²) in [4.78, 5) is 81.0. The Morgan fingerprint density at radius 2 is 1.04 bits per heavy atom. The second-order valence-corrected chi connectivity index (χ2v) is 18.8. The number of carbonyl (C=O) groups is 5. The molecule has 4 aliphatic rings. The minimum atomic E-state index is -5.10. The van der Waals surface area contributed by atoms with Crippen LogP contribution in [0.5, 0.6) is 0 Å². The van der Waals surface area contributed by atoms with Gasteiger partial charge >= 0.3 is 77.1 Å². The number of ether oxygens (including phenoxy) is 1. The molecule has 378 valence electrons. The van der Waals surface area contributed by atoms with Gasteiger partial charge in [0.05, 0.1) is 38.3 Å². The predicted molar refractivity (Wildman–Crippen MR) is 224 cm³/mol. The van der Waals surface area contributed by atoms with Gasteiger partial charge in [-0.25, -0.2) is 48.5 Å². The maximum Gasteiger partial charge on any atom is 1.00 e. The van der Waals surface area contributed by atoms with Crippen molar-refractivity contribution in [1.29, 1.82) is 0 Å². The van der Waals surface area contributed by atoms with Crippen LogP contribution in [0.4, 0.5) is 9.59 Å². The van der Waals surface area contributed by atoms with Crippen LogP contribution in [-0.2, 0) is 63.0 Å². The molecule has 0 aliphatic carbocycles. The third-order valence-corrected chi connectivity index (χ3v) is 11.3. The van der Waals surface area contributed by atoms with E-state index in [1.165, 1.54) is 88.3 Å². The molecule has 4 fully saturated rings. The molecule has 4 heterocycles. The molecule has 0 radical (unpaired) electrons. The van der Waals surface area contributed by atoms with E-state index in [1.54, 1.807) is 20.8 Å². The standard InChI is InChI=1S/C16H36N.C13H21N3O9S.C9H12N3O8S.2Na.H2O/c1-5-9-13-17(14-10-6-2,15-11-7-3)16-12-8-4;1-13(2,3)24-10(17)7-23-14-11(18)9-5-4-8-6-15(9)12(19)16(8)25-26(20,21)22;13-3-4-19-10-8(14)7-2-1-6-5-11(7)9(15)12(6)20-21(16,17)18;;;/h5-16H2,1-4H3;8-9H,4-7H2,1-3H3,(H,14,18)(H,20,21,22);6-7H,1-2,4-5H2,(H,10,14)(H,16,17,18);;;1H2/q+1;;-1;2*+1;/p-3/t;8-,9+;6-,7+;;;/m.11.../s1. The van der Waals surface area contributed by atoms with Crippen LogP contribution >= 0.6 is 0 Å². The van der Waals surface area contributed by atoms with E-state index in [9.17, 15) is 54.7 Å². The zero-order valence-electron chi connectivity index (χ0n) is 40.4. The fraction of sp³-hybridized carbons (Fsp3) is 0.842. The van der Waals surface area contributed by atoms with Crippen molar-refractivity contribution in [2.45, 2.75) is 155 Å². The number of nitrogens with zero attached hydrogens (tertiary/aromatic N) is 5. The topological polar surface area (TPSA) is 330 Å². The normalized spacial score (nSPS) is 19.9. The number of hydrogen-bond donors (Lipinski definition) is 2. The van der Waals surface area contributed by atoms with E-state index < -0.39 is 93.6 Å². The average molecular weight is 1020 g/mol. The van der Waals surface area contributed by atoms with Crippen molar-refractivity contribution in [1.82, 2.24) is 30.9 Å². The molecule has 0 aromatic heterocycles. The molecule has 4 atom stereocenters. The maximum atomic E-state index is 12.2. The zero-order chi connectivity index (χ0) is 48.3.